The second-order valence-electron chi connectivity index (χ2n) is 7.27. The van der Waals surface area contributed by atoms with Gasteiger partial charge in [0, 0.05) is 11.3 Å². The quantitative estimate of drug-likeness (QED) is 0.466. The summed E-state index contributed by atoms with van der Waals surface area (Å²) in [5.74, 6) is 1.25. The van der Waals surface area contributed by atoms with Crippen LogP contribution in [0.25, 0.3) is 16.7 Å². The topological polar surface area (TPSA) is 78.3 Å². The zero-order chi connectivity index (χ0) is 21.8. The van der Waals surface area contributed by atoms with Crippen molar-refractivity contribution >= 4 is 22.6 Å². The maximum Gasteiger partial charge on any atom is 0.255 e. The minimum Gasteiger partial charge on any atom is -0.494 e. The van der Waals surface area contributed by atoms with Gasteiger partial charge in [-0.1, -0.05) is 6.07 Å². The molecule has 31 heavy (non-hydrogen) atoms. The monoisotopic (exact) mass is 416 g/mol. The average Bonchev–Trinajstić information content (AvgIpc) is 3.17. The number of hydrogen-bond acceptors (Lipinski definition) is 5. The summed E-state index contributed by atoms with van der Waals surface area (Å²) in [5, 5.41) is 12.0. The van der Waals surface area contributed by atoms with E-state index in [2.05, 4.69) is 15.5 Å². The van der Waals surface area contributed by atoms with E-state index in [1.54, 1.807) is 29.1 Å². The van der Waals surface area contributed by atoms with Crippen molar-refractivity contribution in [2.45, 2.75) is 26.9 Å². The molecule has 1 amide bonds. The van der Waals surface area contributed by atoms with Gasteiger partial charge in [0.25, 0.3) is 5.91 Å². The summed E-state index contributed by atoms with van der Waals surface area (Å²) in [6, 6.07) is 20.1. The number of rotatable bonds is 7. The molecule has 1 heterocycles. The first-order valence-corrected chi connectivity index (χ1v) is 10.2. The molecule has 158 valence electrons. The Kier molecular flexibility index (Phi) is 5.84. The normalized spacial score (nSPS) is 11.0. The first-order valence-electron chi connectivity index (χ1n) is 10.2. The van der Waals surface area contributed by atoms with Crippen molar-refractivity contribution in [1.82, 2.24) is 15.0 Å². The smallest absolute Gasteiger partial charge is 0.255 e. The Morgan fingerprint density at radius 3 is 2.48 bits per heavy atom. The number of hydrogen-bond donors (Lipinski definition) is 1. The summed E-state index contributed by atoms with van der Waals surface area (Å²) in [6.45, 7) is 6.46. The molecule has 1 N–H and O–H groups in total. The first kappa shape index (κ1) is 20.4. The van der Waals surface area contributed by atoms with Crippen LogP contribution in [0.1, 0.15) is 31.1 Å². The van der Waals surface area contributed by atoms with Crippen molar-refractivity contribution in [3.8, 4) is 17.2 Å². The Hall–Kier alpha value is -3.87. The summed E-state index contributed by atoms with van der Waals surface area (Å²) < 4.78 is 11.1. The molecule has 7 nitrogen and oxygen atoms in total. The van der Waals surface area contributed by atoms with Crippen LogP contribution < -0.4 is 14.8 Å². The van der Waals surface area contributed by atoms with E-state index in [-0.39, 0.29) is 12.0 Å². The molecule has 4 aromatic rings. The second-order valence-corrected chi connectivity index (χ2v) is 7.27. The van der Waals surface area contributed by atoms with Gasteiger partial charge in [0.2, 0.25) is 0 Å². The fraction of sp³-hybridized carbons (Fsp3) is 0.208. The average molecular weight is 416 g/mol. The summed E-state index contributed by atoms with van der Waals surface area (Å²) in [6.07, 6.45) is 0.0405. The highest BCUT2D eigenvalue weighted by Gasteiger charge is 2.11. The van der Waals surface area contributed by atoms with Crippen LogP contribution in [-0.2, 0) is 0 Å². The summed E-state index contributed by atoms with van der Waals surface area (Å²) in [4.78, 5) is 14.2. The van der Waals surface area contributed by atoms with Crippen LogP contribution in [0, 0.1) is 0 Å². The van der Waals surface area contributed by atoms with Gasteiger partial charge in [-0.15, -0.1) is 10.2 Å². The number of benzene rings is 3. The van der Waals surface area contributed by atoms with Crippen molar-refractivity contribution in [2.24, 2.45) is 0 Å². The lowest BCUT2D eigenvalue weighted by Gasteiger charge is -2.11. The fourth-order valence-corrected chi connectivity index (χ4v) is 3.14. The van der Waals surface area contributed by atoms with Gasteiger partial charge >= 0.3 is 0 Å². The van der Waals surface area contributed by atoms with Gasteiger partial charge in [-0.25, -0.2) is 0 Å². The number of anilines is 1. The molecule has 4 rings (SSSR count). The Morgan fingerprint density at radius 2 is 1.74 bits per heavy atom. The molecule has 0 fully saturated rings. The Labute approximate surface area is 180 Å². The third kappa shape index (κ3) is 4.83. The summed E-state index contributed by atoms with van der Waals surface area (Å²) >= 11 is 0. The lowest BCUT2D eigenvalue weighted by atomic mass is 10.2. The zero-order valence-electron chi connectivity index (χ0n) is 17.7. The van der Waals surface area contributed by atoms with Crippen LogP contribution >= 0.6 is 0 Å². The molecule has 0 unspecified atom stereocenters. The van der Waals surface area contributed by atoms with Crippen molar-refractivity contribution in [3.05, 3.63) is 72.3 Å². The molecule has 3 aromatic carbocycles. The highest BCUT2D eigenvalue weighted by atomic mass is 16.5. The molecule has 0 saturated carbocycles. The first-order chi connectivity index (χ1) is 15.0. The van der Waals surface area contributed by atoms with Gasteiger partial charge in [0.1, 0.15) is 22.5 Å². The largest absolute Gasteiger partial charge is 0.494 e. The molecule has 0 spiro atoms. The fourth-order valence-electron chi connectivity index (χ4n) is 3.14. The molecule has 7 heteroatoms. The number of fused-ring (bicyclic) bond motifs is 1. The van der Waals surface area contributed by atoms with Gasteiger partial charge in [-0.3, -0.25) is 4.79 Å². The predicted octanol–water partition coefficient (Wildman–Crippen LogP) is 4.86. The molecule has 0 radical (unpaired) electrons. The molecular weight excluding hydrogens is 392 g/mol. The van der Waals surface area contributed by atoms with E-state index in [9.17, 15) is 4.79 Å². The van der Waals surface area contributed by atoms with Gasteiger partial charge in [0.05, 0.1) is 18.4 Å². The number of carbonyl (C=O) groups excluding carboxylic acids is 1. The van der Waals surface area contributed by atoms with Gasteiger partial charge in [-0.2, -0.15) is 4.80 Å². The molecule has 0 saturated heterocycles. The minimum absolute atomic E-state index is 0.0405. The maximum atomic E-state index is 12.7. The molecular formula is C24H24N4O3. The van der Waals surface area contributed by atoms with Crippen LogP contribution in [0.15, 0.2) is 66.7 Å². The van der Waals surface area contributed by atoms with Crippen molar-refractivity contribution < 1.29 is 14.3 Å². The van der Waals surface area contributed by atoms with Crippen molar-refractivity contribution in [2.75, 3.05) is 11.9 Å². The van der Waals surface area contributed by atoms with E-state index in [4.69, 9.17) is 9.47 Å². The molecule has 0 aliphatic carbocycles. The lowest BCUT2D eigenvalue weighted by molar-refractivity contribution is 0.102. The SMILES string of the molecule is CCOc1ccc(-n2nc3ccc(NC(=O)c4cccc(OC(C)C)c4)cc3n2)cc1. The number of carbonyl (C=O) groups is 1. The summed E-state index contributed by atoms with van der Waals surface area (Å²) in [5.41, 5.74) is 3.41. The predicted molar refractivity (Wildman–Crippen MR) is 120 cm³/mol. The number of aromatic nitrogens is 3. The molecule has 1 aromatic heterocycles. The van der Waals surface area contributed by atoms with Crippen LogP contribution in [0.5, 0.6) is 11.5 Å². The van der Waals surface area contributed by atoms with Crippen LogP contribution in [0.4, 0.5) is 5.69 Å². The molecule has 0 bridgehead atoms. The van der Waals surface area contributed by atoms with Gasteiger partial charge in [-0.05, 0) is 81.4 Å². The number of amides is 1. The van der Waals surface area contributed by atoms with Crippen LogP contribution in [0.2, 0.25) is 0 Å². The lowest BCUT2D eigenvalue weighted by Crippen LogP contribution is -2.12. The van der Waals surface area contributed by atoms with E-state index in [0.29, 0.717) is 29.1 Å². The van der Waals surface area contributed by atoms with Crippen LogP contribution in [0.3, 0.4) is 0 Å². The van der Waals surface area contributed by atoms with Crippen molar-refractivity contribution in [1.29, 1.82) is 0 Å². The maximum absolute atomic E-state index is 12.7. The van der Waals surface area contributed by atoms with E-state index in [0.717, 1.165) is 17.0 Å². The minimum atomic E-state index is -0.215. The third-order valence-corrected chi connectivity index (χ3v) is 4.48. The number of ether oxygens (including phenoxy) is 2. The second kappa shape index (κ2) is 8.87. The molecule has 0 atom stereocenters. The highest BCUT2D eigenvalue weighted by molar-refractivity contribution is 6.05. The van der Waals surface area contributed by atoms with E-state index < -0.39 is 0 Å². The Balaban J connectivity index is 1.52. The van der Waals surface area contributed by atoms with Crippen LogP contribution in [-0.4, -0.2) is 33.6 Å². The summed E-state index contributed by atoms with van der Waals surface area (Å²) in [7, 11) is 0. The Bertz CT molecular complexity index is 1200. The number of nitrogens with one attached hydrogen (secondary N) is 1. The number of nitrogens with zero attached hydrogens (tertiary/aromatic N) is 3. The Morgan fingerprint density at radius 1 is 0.968 bits per heavy atom. The van der Waals surface area contributed by atoms with Crippen molar-refractivity contribution in [3.63, 3.8) is 0 Å². The van der Waals surface area contributed by atoms with Gasteiger partial charge in [0.15, 0.2) is 0 Å². The zero-order valence-corrected chi connectivity index (χ0v) is 17.7. The third-order valence-electron chi connectivity index (χ3n) is 4.48. The highest BCUT2D eigenvalue weighted by Crippen LogP contribution is 2.21. The standard InChI is InChI=1S/C24H24N4O3/c1-4-30-20-11-9-19(10-12-20)28-26-22-13-8-18(15-23(22)27-28)25-24(29)17-6-5-7-21(14-17)31-16(2)3/h5-16H,4H2,1-3H3,(H,25,29). The van der Waals surface area contributed by atoms with Gasteiger partial charge < -0.3 is 14.8 Å². The van der Waals surface area contributed by atoms with E-state index in [1.165, 1.54) is 0 Å². The molecule has 0 aliphatic rings. The molecule has 0 aliphatic heterocycles. The van der Waals surface area contributed by atoms with E-state index in [1.807, 2.05) is 63.2 Å². The van der Waals surface area contributed by atoms with E-state index >= 15 is 0 Å².